The zero-order valence-corrected chi connectivity index (χ0v) is 14.0. The van der Waals surface area contributed by atoms with E-state index in [2.05, 4.69) is 4.98 Å². The molecule has 0 aliphatic rings. The molecule has 0 radical (unpaired) electrons. The summed E-state index contributed by atoms with van der Waals surface area (Å²) in [7, 11) is 0. The van der Waals surface area contributed by atoms with Crippen LogP contribution in [0.3, 0.4) is 0 Å². The molecule has 0 saturated carbocycles. The van der Waals surface area contributed by atoms with Crippen LogP contribution in [0.25, 0.3) is 0 Å². The molecule has 3 aromatic carbocycles. The molecule has 0 spiro atoms. The van der Waals surface area contributed by atoms with Crippen molar-refractivity contribution >= 4 is 0 Å². The van der Waals surface area contributed by atoms with Gasteiger partial charge in [0.15, 0.2) is 0 Å². The van der Waals surface area contributed by atoms with Crippen molar-refractivity contribution in [3.63, 3.8) is 0 Å². The van der Waals surface area contributed by atoms with Crippen molar-refractivity contribution in [2.75, 3.05) is 0 Å². The minimum atomic E-state index is -0.998. The lowest BCUT2D eigenvalue weighted by molar-refractivity contribution is 0.396. The minimum Gasteiger partial charge on any atom is -0.492 e. The van der Waals surface area contributed by atoms with E-state index in [1.54, 1.807) is 0 Å². The summed E-state index contributed by atoms with van der Waals surface area (Å²) in [5, 5.41) is 9.87. The van der Waals surface area contributed by atoms with Gasteiger partial charge in [-0.15, -0.1) is 0 Å². The molecule has 0 aliphatic heterocycles. The smallest absolute Gasteiger partial charge is 0.293 e. The van der Waals surface area contributed by atoms with Crippen LogP contribution in [0.1, 0.15) is 16.7 Å². The number of rotatable bonds is 4. The zero-order valence-electron chi connectivity index (χ0n) is 14.0. The van der Waals surface area contributed by atoms with E-state index in [0.717, 1.165) is 16.7 Å². The van der Waals surface area contributed by atoms with E-state index >= 15 is 0 Å². The summed E-state index contributed by atoms with van der Waals surface area (Å²) >= 11 is 0. The van der Waals surface area contributed by atoms with E-state index in [1.807, 2.05) is 91.0 Å². The number of nitrogens with zero attached hydrogens (tertiary/aromatic N) is 2. The van der Waals surface area contributed by atoms with Crippen molar-refractivity contribution in [3.05, 3.63) is 120 Å². The van der Waals surface area contributed by atoms with Gasteiger partial charge >= 0.3 is 0 Å². The largest absolute Gasteiger partial charge is 0.492 e. The van der Waals surface area contributed by atoms with E-state index in [0.29, 0.717) is 0 Å². The molecule has 0 saturated heterocycles. The Morgan fingerprint density at radius 1 is 0.692 bits per heavy atom. The second kappa shape index (κ2) is 6.48. The first-order valence-electron chi connectivity index (χ1n) is 8.34. The molecule has 1 N–H and O–H groups in total. The van der Waals surface area contributed by atoms with Gasteiger partial charge < -0.3 is 5.11 Å². The first-order chi connectivity index (χ1) is 12.7. The van der Waals surface area contributed by atoms with Gasteiger partial charge in [-0.1, -0.05) is 91.0 Å². The molecule has 1 aromatic heterocycles. The van der Waals surface area contributed by atoms with Crippen molar-refractivity contribution in [3.8, 4) is 5.88 Å². The summed E-state index contributed by atoms with van der Waals surface area (Å²) in [5.74, 6) is -0.352. The Morgan fingerprint density at radius 3 is 1.38 bits per heavy atom. The molecule has 1 heterocycles. The quantitative estimate of drug-likeness (QED) is 0.551. The number of aromatic hydroxyl groups is 1. The molecule has 0 atom stereocenters. The Balaban J connectivity index is 2.16. The molecule has 4 aromatic rings. The lowest BCUT2D eigenvalue weighted by atomic mass is 9.77. The van der Waals surface area contributed by atoms with E-state index in [4.69, 9.17) is 0 Å². The SMILES string of the molecule is Oc1cn(C(c2ccccc2)(c2ccccc2)c2ccccc2)c(F)n1. The highest BCUT2D eigenvalue weighted by Crippen LogP contribution is 2.41. The monoisotopic (exact) mass is 344 g/mol. The maximum Gasteiger partial charge on any atom is 0.293 e. The van der Waals surface area contributed by atoms with E-state index in [9.17, 15) is 9.50 Å². The van der Waals surface area contributed by atoms with Gasteiger partial charge in [-0.25, -0.2) is 0 Å². The Labute approximate surface area is 151 Å². The molecule has 128 valence electrons. The van der Waals surface area contributed by atoms with Crippen LogP contribution >= 0.6 is 0 Å². The summed E-state index contributed by atoms with van der Waals surface area (Å²) in [5.41, 5.74) is 1.61. The van der Waals surface area contributed by atoms with E-state index in [1.165, 1.54) is 10.8 Å². The third kappa shape index (κ3) is 2.47. The molecule has 26 heavy (non-hydrogen) atoms. The molecular weight excluding hydrogens is 327 g/mol. The van der Waals surface area contributed by atoms with Gasteiger partial charge in [0.1, 0.15) is 5.54 Å². The van der Waals surface area contributed by atoms with Crippen LogP contribution in [-0.2, 0) is 5.54 Å². The summed E-state index contributed by atoms with van der Waals surface area (Å²) in [6.07, 6.45) is 0.585. The fraction of sp³-hybridized carbons (Fsp3) is 0.0455. The van der Waals surface area contributed by atoms with Gasteiger partial charge in [-0.2, -0.15) is 9.37 Å². The maximum atomic E-state index is 14.9. The highest BCUT2D eigenvalue weighted by molar-refractivity contribution is 5.50. The van der Waals surface area contributed by atoms with Crippen LogP contribution in [0.4, 0.5) is 4.39 Å². The lowest BCUT2D eigenvalue weighted by Crippen LogP contribution is -2.38. The Bertz CT molecular complexity index is 902. The number of hydrogen-bond acceptors (Lipinski definition) is 2. The Morgan fingerprint density at radius 2 is 1.08 bits per heavy atom. The van der Waals surface area contributed by atoms with Crippen molar-refractivity contribution < 1.29 is 9.50 Å². The molecular formula is C22H17FN2O. The first-order valence-corrected chi connectivity index (χ1v) is 8.34. The lowest BCUT2D eigenvalue weighted by Gasteiger charge is -2.37. The number of halogens is 1. The summed E-state index contributed by atoms with van der Waals surface area (Å²) in [6, 6.07) is 29.0. The summed E-state index contributed by atoms with van der Waals surface area (Å²) in [4.78, 5) is 3.61. The number of aromatic nitrogens is 2. The van der Waals surface area contributed by atoms with Crippen molar-refractivity contribution in [1.29, 1.82) is 0 Å². The van der Waals surface area contributed by atoms with Crippen LogP contribution in [0.2, 0.25) is 0 Å². The first kappa shape index (κ1) is 16.1. The topological polar surface area (TPSA) is 38.0 Å². The molecule has 0 unspecified atom stereocenters. The second-order valence-corrected chi connectivity index (χ2v) is 6.05. The van der Waals surface area contributed by atoms with E-state index in [-0.39, 0.29) is 5.88 Å². The Hall–Kier alpha value is -3.40. The van der Waals surface area contributed by atoms with Crippen molar-refractivity contribution in [1.82, 2.24) is 9.55 Å². The van der Waals surface area contributed by atoms with Crippen LogP contribution in [0, 0.1) is 6.08 Å². The Kier molecular flexibility index (Phi) is 4.01. The number of imidazole rings is 1. The van der Waals surface area contributed by atoms with Gasteiger partial charge in [0.2, 0.25) is 5.88 Å². The minimum absolute atomic E-state index is 0.352. The predicted octanol–water partition coefficient (Wildman–Crippen LogP) is 4.57. The van der Waals surface area contributed by atoms with E-state index < -0.39 is 11.6 Å². The van der Waals surface area contributed by atoms with Crippen LogP contribution in [0.15, 0.2) is 97.2 Å². The van der Waals surface area contributed by atoms with Gasteiger partial charge in [0.05, 0.1) is 6.20 Å². The van der Waals surface area contributed by atoms with Crippen LogP contribution < -0.4 is 0 Å². The molecule has 3 nitrogen and oxygen atoms in total. The van der Waals surface area contributed by atoms with Crippen LogP contribution in [0.5, 0.6) is 5.88 Å². The molecule has 0 fully saturated rings. The number of benzene rings is 3. The molecule has 0 aliphatic carbocycles. The fourth-order valence-electron chi connectivity index (χ4n) is 3.54. The third-order valence-electron chi connectivity index (χ3n) is 4.59. The molecule has 4 heteroatoms. The molecule has 4 rings (SSSR count). The highest BCUT2D eigenvalue weighted by atomic mass is 19.1. The zero-order chi connectivity index (χ0) is 18.0. The normalized spacial score (nSPS) is 11.4. The summed E-state index contributed by atoms with van der Waals surface area (Å²) < 4.78 is 16.2. The van der Waals surface area contributed by atoms with Gasteiger partial charge in [-0.3, -0.25) is 4.57 Å². The summed E-state index contributed by atoms with van der Waals surface area (Å²) in [6.45, 7) is 0. The van der Waals surface area contributed by atoms with Crippen molar-refractivity contribution in [2.45, 2.75) is 5.54 Å². The standard InChI is InChI=1S/C22H17FN2O/c23-21-24-20(26)16-25(21)22(17-10-4-1-5-11-17,18-12-6-2-7-13-18)19-14-8-3-9-15-19/h1-16,26H. The molecule has 0 amide bonds. The second-order valence-electron chi connectivity index (χ2n) is 6.05. The third-order valence-corrected chi connectivity index (χ3v) is 4.59. The van der Waals surface area contributed by atoms with Gasteiger partial charge in [0.25, 0.3) is 6.08 Å². The van der Waals surface area contributed by atoms with Crippen molar-refractivity contribution in [2.24, 2.45) is 0 Å². The fourth-order valence-corrected chi connectivity index (χ4v) is 3.54. The number of hydrogen-bond donors (Lipinski definition) is 1. The average Bonchev–Trinajstić information content (AvgIpc) is 3.03. The predicted molar refractivity (Wildman–Crippen MR) is 98.5 cm³/mol. The van der Waals surface area contributed by atoms with Gasteiger partial charge in [-0.05, 0) is 16.7 Å². The average molecular weight is 344 g/mol. The highest BCUT2D eigenvalue weighted by Gasteiger charge is 2.40. The molecule has 0 bridgehead atoms. The van der Waals surface area contributed by atoms with Crippen LogP contribution in [-0.4, -0.2) is 14.7 Å². The maximum absolute atomic E-state index is 14.9. The van der Waals surface area contributed by atoms with Gasteiger partial charge in [0, 0.05) is 0 Å².